The van der Waals surface area contributed by atoms with E-state index >= 15 is 0 Å². The topological polar surface area (TPSA) is 18.5 Å². The van der Waals surface area contributed by atoms with Gasteiger partial charge in [0, 0.05) is 31.7 Å². The van der Waals surface area contributed by atoms with Crippen molar-refractivity contribution in [1.29, 1.82) is 0 Å². The minimum atomic E-state index is 0.547. The first kappa shape index (κ1) is 14.8. The van der Waals surface area contributed by atoms with Crippen molar-refractivity contribution < 1.29 is 0 Å². The van der Waals surface area contributed by atoms with E-state index in [0.29, 0.717) is 5.41 Å². The molecule has 0 aromatic rings. The molecule has 2 aliphatic heterocycles. The molecule has 3 heteroatoms. The van der Waals surface area contributed by atoms with Crippen molar-refractivity contribution in [2.45, 2.75) is 58.0 Å². The van der Waals surface area contributed by atoms with Crippen molar-refractivity contribution in [2.24, 2.45) is 11.3 Å². The lowest BCUT2D eigenvalue weighted by molar-refractivity contribution is 0.0382. The second kappa shape index (κ2) is 5.94. The standard InChI is InChI=1S/C17H33N3/c1-4-15-11-18-16(14-5-6-14)12-20(15)13-17(2)7-9-19(3)10-8-17/h14-16,18H,4-13H2,1-3H3. The Bertz CT molecular complexity index is 318. The molecule has 2 atom stereocenters. The van der Waals surface area contributed by atoms with E-state index < -0.39 is 0 Å². The van der Waals surface area contributed by atoms with Crippen LogP contribution in [0.3, 0.4) is 0 Å². The Morgan fingerprint density at radius 2 is 1.90 bits per heavy atom. The summed E-state index contributed by atoms with van der Waals surface area (Å²) in [6, 6.07) is 1.55. The third-order valence-corrected chi connectivity index (χ3v) is 6.00. The molecule has 3 aliphatic rings. The van der Waals surface area contributed by atoms with Crippen LogP contribution in [-0.2, 0) is 0 Å². The summed E-state index contributed by atoms with van der Waals surface area (Å²) in [6.07, 6.45) is 6.96. The number of rotatable bonds is 4. The number of likely N-dealkylation sites (tertiary alicyclic amines) is 1. The lowest BCUT2D eigenvalue weighted by Crippen LogP contribution is -2.59. The van der Waals surface area contributed by atoms with Crippen LogP contribution in [0.4, 0.5) is 0 Å². The number of hydrogen-bond acceptors (Lipinski definition) is 3. The Balaban J connectivity index is 1.60. The Morgan fingerprint density at radius 1 is 1.20 bits per heavy atom. The average Bonchev–Trinajstić information content (AvgIpc) is 3.27. The first-order valence-corrected chi connectivity index (χ1v) is 8.75. The van der Waals surface area contributed by atoms with E-state index in [2.05, 4.69) is 36.0 Å². The SMILES string of the molecule is CCC1CNC(C2CC2)CN1CC1(C)CCN(C)CC1. The summed E-state index contributed by atoms with van der Waals surface area (Å²) in [5, 5.41) is 3.82. The van der Waals surface area contributed by atoms with Crippen molar-refractivity contribution in [1.82, 2.24) is 15.1 Å². The summed E-state index contributed by atoms with van der Waals surface area (Å²) in [5.41, 5.74) is 0.547. The molecule has 2 unspecified atom stereocenters. The molecule has 0 spiro atoms. The monoisotopic (exact) mass is 279 g/mol. The predicted molar refractivity (Wildman–Crippen MR) is 85.0 cm³/mol. The van der Waals surface area contributed by atoms with Gasteiger partial charge in [0.05, 0.1) is 0 Å². The largest absolute Gasteiger partial charge is 0.311 e. The molecule has 3 nitrogen and oxygen atoms in total. The van der Waals surface area contributed by atoms with E-state index in [-0.39, 0.29) is 0 Å². The molecule has 3 fully saturated rings. The highest BCUT2D eigenvalue weighted by Gasteiger charge is 2.39. The minimum Gasteiger partial charge on any atom is -0.311 e. The van der Waals surface area contributed by atoms with Gasteiger partial charge in [-0.05, 0) is 63.6 Å². The second-order valence-electron chi connectivity index (χ2n) is 7.96. The number of piperazine rings is 1. The van der Waals surface area contributed by atoms with Crippen molar-refractivity contribution in [3.05, 3.63) is 0 Å². The zero-order chi connectivity index (χ0) is 14.2. The van der Waals surface area contributed by atoms with E-state index in [1.54, 1.807) is 0 Å². The highest BCUT2D eigenvalue weighted by Crippen LogP contribution is 2.37. The van der Waals surface area contributed by atoms with Gasteiger partial charge in [0.2, 0.25) is 0 Å². The van der Waals surface area contributed by atoms with Crippen LogP contribution in [-0.4, -0.2) is 61.7 Å². The van der Waals surface area contributed by atoms with Crippen LogP contribution < -0.4 is 5.32 Å². The molecular weight excluding hydrogens is 246 g/mol. The highest BCUT2D eigenvalue weighted by molar-refractivity contribution is 4.96. The lowest BCUT2D eigenvalue weighted by Gasteiger charge is -2.47. The Hall–Kier alpha value is -0.120. The van der Waals surface area contributed by atoms with Crippen molar-refractivity contribution in [3.8, 4) is 0 Å². The van der Waals surface area contributed by atoms with Gasteiger partial charge in [0.15, 0.2) is 0 Å². The van der Waals surface area contributed by atoms with Gasteiger partial charge in [-0.3, -0.25) is 4.90 Å². The Labute approximate surface area is 125 Å². The van der Waals surface area contributed by atoms with Crippen LogP contribution in [0.5, 0.6) is 0 Å². The molecule has 116 valence electrons. The maximum atomic E-state index is 3.82. The van der Waals surface area contributed by atoms with Crippen LogP contribution >= 0.6 is 0 Å². The summed E-state index contributed by atoms with van der Waals surface area (Å²) < 4.78 is 0. The van der Waals surface area contributed by atoms with Gasteiger partial charge >= 0.3 is 0 Å². The summed E-state index contributed by atoms with van der Waals surface area (Å²) >= 11 is 0. The normalized spacial score (nSPS) is 36.1. The summed E-state index contributed by atoms with van der Waals surface area (Å²) in [7, 11) is 2.27. The number of nitrogens with zero attached hydrogens (tertiary/aromatic N) is 2. The van der Waals surface area contributed by atoms with Crippen LogP contribution in [0, 0.1) is 11.3 Å². The lowest BCUT2D eigenvalue weighted by atomic mass is 9.79. The van der Waals surface area contributed by atoms with E-state index in [4.69, 9.17) is 0 Å². The molecule has 0 radical (unpaired) electrons. The summed E-state index contributed by atoms with van der Waals surface area (Å²) in [6.45, 7) is 11.3. The quantitative estimate of drug-likeness (QED) is 0.851. The number of hydrogen-bond donors (Lipinski definition) is 1. The van der Waals surface area contributed by atoms with Gasteiger partial charge < -0.3 is 10.2 Å². The third-order valence-electron chi connectivity index (χ3n) is 6.00. The van der Waals surface area contributed by atoms with Gasteiger partial charge in [-0.25, -0.2) is 0 Å². The predicted octanol–water partition coefficient (Wildman–Crippen LogP) is 2.18. The van der Waals surface area contributed by atoms with Crippen LogP contribution in [0.1, 0.15) is 46.0 Å². The summed E-state index contributed by atoms with van der Waals surface area (Å²) in [5.74, 6) is 0.987. The van der Waals surface area contributed by atoms with Crippen LogP contribution in [0.15, 0.2) is 0 Å². The molecule has 20 heavy (non-hydrogen) atoms. The van der Waals surface area contributed by atoms with Crippen molar-refractivity contribution >= 4 is 0 Å². The smallest absolute Gasteiger partial charge is 0.0224 e. The zero-order valence-electron chi connectivity index (χ0n) is 13.7. The molecule has 1 aliphatic carbocycles. The molecule has 2 saturated heterocycles. The van der Waals surface area contributed by atoms with Gasteiger partial charge in [0.1, 0.15) is 0 Å². The zero-order valence-corrected chi connectivity index (χ0v) is 13.7. The van der Waals surface area contributed by atoms with Crippen LogP contribution in [0.2, 0.25) is 0 Å². The van der Waals surface area contributed by atoms with E-state index in [1.807, 2.05) is 0 Å². The highest BCUT2D eigenvalue weighted by atomic mass is 15.2. The molecule has 0 aromatic heterocycles. The minimum absolute atomic E-state index is 0.547. The van der Waals surface area contributed by atoms with Crippen molar-refractivity contribution in [3.63, 3.8) is 0 Å². The average molecular weight is 279 g/mol. The maximum absolute atomic E-state index is 3.82. The van der Waals surface area contributed by atoms with Gasteiger partial charge in [-0.15, -0.1) is 0 Å². The molecule has 1 saturated carbocycles. The Morgan fingerprint density at radius 3 is 2.50 bits per heavy atom. The molecule has 2 heterocycles. The molecule has 0 bridgehead atoms. The first-order chi connectivity index (χ1) is 9.59. The Kier molecular flexibility index (Phi) is 4.40. The van der Waals surface area contributed by atoms with Gasteiger partial charge in [0.25, 0.3) is 0 Å². The fraction of sp³-hybridized carbons (Fsp3) is 1.00. The van der Waals surface area contributed by atoms with Crippen molar-refractivity contribution in [2.75, 3.05) is 39.8 Å². The number of nitrogens with one attached hydrogen (secondary N) is 1. The van der Waals surface area contributed by atoms with E-state index in [0.717, 1.165) is 18.0 Å². The number of piperidine rings is 1. The molecule has 3 rings (SSSR count). The third kappa shape index (κ3) is 3.37. The second-order valence-corrected chi connectivity index (χ2v) is 7.96. The maximum Gasteiger partial charge on any atom is 0.0224 e. The van der Waals surface area contributed by atoms with Gasteiger partial charge in [-0.2, -0.15) is 0 Å². The fourth-order valence-electron chi connectivity index (χ4n) is 4.10. The first-order valence-electron chi connectivity index (χ1n) is 8.75. The van der Waals surface area contributed by atoms with E-state index in [1.165, 1.54) is 64.8 Å². The van der Waals surface area contributed by atoms with E-state index in [9.17, 15) is 0 Å². The molecule has 0 amide bonds. The molecular formula is C17H33N3. The van der Waals surface area contributed by atoms with Crippen LogP contribution in [0.25, 0.3) is 0 Å². The fourth-order valence-corrected chi connectivity index (χ4v) is 4.10. The molecule has 0 aromatic carbocycles. The van der Waals surface area contributed by atoms with Gasteiger partial charge in [-0.1, -0.05) is 13.8 Å². The molecule has 1 N–H and O–H groups in total. The summed E-state index contributed by atoms with van der Waals surface area (Å²) in [4.78, 5) is 5.33.